The number of urea groups is 1. The second-order valence-electron chi connectivity index (χ2n) is 7.82. The molecule has 2 aromatic rings. The number of hydrogen-bond donors (Lipinski definition) is 1. The van der Waals surface area contributed by atoms with Crippen LogP contribution in [-0.2, 0) is 16.8 Å². The zero-order valence-corrected chi connectivity index (χ0v) is 18.0. The highest BCUT2D eigenvalue weighted by molar-refractivity contribution is 7.94. The third-order valence-corrected chi connectivity index (χ3v) is 7.90. The molecule has 164 valence electrons. The van der Waals surface area contributed by atoms with Crippen molar-refractivity contribution in [3.63, 3.8) is 0 Å². The van der Waals surface area contributed by atoms with Gasteiger partial charge in [-0.25, -0.2) is 9.10 Å². The Bertz CT molecular complexity index is 1110. The van der Waals surface area contributed by atoms with E-state index in [1.165, 1.54) is 8.61 Å². The Hall–Kier alpha value is -3.14. The molecule has 1 saturated heterocycles. The Morgan fingerprint density at radius 3 is 2.55 bits per heavy atom. The summed E-state index contributed by atoms with van der Waals surface area (Å²) in [4.78, 5) is 14.4. The molecule has 0 radical (unpaired) electrons. The van der Waals surface area contributed by atoms with E-state index < -0.39 is 10.2 Å². The van der Waals surface area contributed by atoms with E-state index in [1.54, 1.807) is 11.9 Å². The maximum Gasteiger partial charge on any atom is 0.326 e. The van der Waals surface area contributed by atoms with Crippen molar-refractivity contribution in [3.8, 4) is 11.5 Å². The Balaban J connectivity index is 1.20. The molecule has 5 rings (SSSR count). The van der Waals surface area contributed by atoms with Crippen molar-refractivity contribution < 1.29 is 22.7 Å². The Morgan fingerprint density at radius 2 is 1.77 bits per heavy atom. The number of hydrogen-bond acceptors (Lipinski definition) is 5. The highest BCUT2D eigenvalue weighted by Crippen LogP contribution is 2.42. The van der Waals surface area contributed by atoms with Gasteiger partial charge in [-0.15, -0.1) is 0 Å². The molecule has 0 bridgehead atoms. The number of carbonyl (C=O) groups excluding carboxylic acids is 1. The van der Waals surface area contributed by atoms with Gasteiger partial charge in [-0.05, 0) is 42.7 Å². The van der Waals surface area contributed by atoms with Gasteiger partial charge in [0.05, 0.1) is 17.4 Å². The minimum atomic E-state index is -3.59. The standard InChI is InChI=1S/C21H24N4O5S/c1-23-17-4-2-3-5-18(17)25(31(23,27)28)16-8-10-24(11-9-16)21(26)22-13-15-6-7-19-20(12-15)30-14-29-19/h2-7,12,16H,8-11,13-14H2,1H3,(H,22,26). The summed E-state index contributed by atoms with van der Waals surface area (Å²) in [5.74, 6) is 1.39. The van der Waals surface area contributed by atoms with E-state index in [9.17, 15) is 13.2 Å². The van der Waals surface area contributed by atoms with E-state index in [0.717, 1.165) is 5.56 Å². The van der Waals surface area contributed by atoms with Crippen LogP contribution >= 0.6 is 0 Å². The van der Waals surface area contributed by atoms with Gasteiger partial charge in [0, 0.05) is 26.7 Å². The minimum Gasteiger partial charge on any atom is -0.454 e. The minimum absolute atomic E-state index is 0.155. The Labute approximate surface area is 181 Å². The van der Waals surface area contributed by atoms with Crippen LogP contribution in [0.3, 0.4) is 0 Å². The summed E-state index contributed by atoms with van der Waals surface area (Å²) >= 11 is 0. The van der Waals surface area contributed by atoms with Crippen molar-refractivity contribution in [2.45, 2.75) is 25.4 Å². The van der Waals surface area contributed by atoms with Crippen molar-refractivity contribution in [3.05, 3.63) is 48.0 Å². The Morgan fingerprint density at radius 1 is 1.06 bits per heavy atom. The summed E-state index contributed by atoms with van der Waals surface area (Å²) in [6, 6.07) is 12.6. The number of nitrogens with zero attached hydrogens (tertiary/aromatic N) is 3. The number of likely N-dealkylation sites (tertiary alicyclic amines) is 1. The van der Waals surface area contributed by atoms with Crippen molar-refractivity contribution in [1.29, 1.82) is 0 Å². The van der Waals surface area contributed by atoms with Gasteiger partial charge in [-0.1, -0.05) is 18.2 Å². The van der Waals surface area contributed by atoms with Gasteiger partial charge in [-0.2, -0.15) is 8.42 Å². The molecule has 3 aliphatic rings. The first-order valence-corrected chi connectivity index (χ1v) is 11.6. The van der Waals surface area contributed by atoms with Gasteiger partial charge in [0.2, 0.25) is 6.79 Å². The zero-order valence-electron chi connectivity index (χ0n) is 17.2. The van der Waals surface area contributed by atoms with Crippen LogP contribution in [0.15, 0.2) is 42.5 Å². The molecule has 0 atom stereocenters. The van der Waals surface area contributed by atoms with Gasteiger partial charge in [0.1, 0.15) is 0 Å². The first-order valence-electron chi connectivity index (χ1n) is 10.2. The number of para-hydroxylation sites is 2. The third kappa shape index (κ3) is 3.40. The first-order chi connectivity index (χ1) is 14.9. The summed E-state index contributed by atoms with van der Waals surface area (Å²) in [5.41, 5.74) is 2.32. The van der Waals surface area contributed by atoms with Crippen molar-refractivity contribution >= 4 is 27.6 Å². The molecule has 0 aliphatic carbocycles. The average Bonchev–Trinajstić information content (AvgIpc) is 3.32. The molecule has 2 aromatic carbocycles. The fourth-order valence-corrected chi connectivity index (χ4v) is 5.98. The topological polar surface area (TPSA) is 91.4 Å². The van der Waals surface area contributed by atoms with Crippen molar-refractivity contribution in [2.75, 3.05) is 35.5 Å². The van der Waals surface area contributed by atoms with Gasteiger partial charge in [0.15, 0.2) is 11.5 Å². The van der Waals surface area contributed by atoms with Crippen LogP contribution in [0.1, 0.15) is 18.4 Å². The van der Waals surface area contributed by atoms with Gasteiger partial charge in [-0.3, -0.25) is 4.31 Å². The molecule has 2 amide bonds. The van der Waals surface area contributed by atoms with Crippen LogP contribution in [-0.4, -0.2) is 52.3 Å². The van der Waals surface area contributed by atoms with E-state index >= 15 is 0 Å². The lowest BCUT2D eigenvalue weighted by Crippen LogP contribution is -2.51. The van der Waals surface area contributed by atoms with Crippen molar-refractivity contribution in [2.24, 2.45) is 0 Å². The molecule has 31 heavy (non-hydrogen) atoms. The zero-order chi connectivity index (χ0) is 21.6. The fraction of sp³-hybridized carbons (Fsp3) is 0.381. The lowest BCUT2D eigenvalue weighted by molar-refractivity contribution is 0.174. The molecule has 9 nitrogen and oxygen atoms in total. The summed E-state index contributed by atoms with van der Waals surface area (Å²) < 4.78 is 39.4. The smallest absolute Gasteiger partial charge is 0.326 e. The summed E-state index contributed by atoms with van der Waals surface area (Å²) in [6.45, 7) is 1.59. The second kappa shape index (κ2) is 7.52. The first kappa shape index (κ1) is 19.8. The highest BCUT2D eigenvalue weighted by Gasteiger charge is 2.43. The molecule has 0 spiro atoms. The molecule has 3 heterocycles. The van der Waals surface area contributed by atoms with Crippen LogP contribution in [0.25, 0.3) is 0 Å². The summed E-state index contributed by atoms with van der Waals surface area (Å²) in [7, 11) is -2.01. The van der Waals surface area contributed by atoms with E-state index in [2.05, 4.69) is 5.32 Å². The SMILES string of the molecule is CN1c2ccccc2N(C2CCN(C(=O)NCc3ccc4c(c3)OCO4)CC2)S1(=O)=O. The Kier molecular flexibility index (Phi) is 4.81. The van der Waals surface area contributed by atoms with Crippen molar-refractivity contribution in [1.82, 2.24) is 10.2 Å². The van der Waals surface area contributed by atoms with Crippen LogP contribution in [0.5, 0.6) is 11.5 Å². The van der Waals surface area contributed by atoms with Crippen LogP contribution in [0, 0.1) is 0 Å². The fourth-order valence-electron chi connectivity index (χ4n) is 4.33. The molecule has 1 fully saturated rings. The van der Waals surface area contributed by atoms with E-state index in [-0.39, 0.29) is 18.9 Å². The number of rotatable bonds is 3. The predicted molar refractivity (Wildman–Crippen MR) is 116 cm³/mol. The number of piperidine rings is 1. The number of amides is 2. The van der Waals surface area contributed by atoms with Gasteiger partial charge < -0.3 is 19.7 Å². The predicted octanol–water partition coefficient (Wildman–Crippen LogP) is 2.29. The van der Waals surface area contributed by atoms with Crippen LogP contribution in [0.4, 0.5) is 16.2 Å². The number of fused-ring (bicyclic) bond motifs is 2. The molecule has 10 heteroatoms. The van der Waals surface area contributed by atoms with Crippen LogP contribution in [0.2, 0.25) is 0 Å². The van der Waals surface area contributed by atoms with Crippen LogP contribution < -0.4 is 23.4 Å². The third-order valence-electron chi connectivity index (χ3n) is 6.02. The molecule has 0 unspecified atom stereocenters. The van der Waals surface area contributed by atoms with Gasteiger partial charge >= 0.3 is 16.2 Å². The molecule has 3 aliphatic heterocycles. The molecule has 0 aromatic heterocycles. The number of anilines is 2. The quantitative estimate of drug-likeness (QED) is 0.784. The maximum atomic E-state index is 12.9. The summed E-state index contributed by atoms with van der Waals surface area (Å²) in [5, 5.41) is 2.93. The lowest BCUT2D eigenvalue weighted by Gasteiger charge is -2.36. The summed E-state index contributed by atoms with van der Waals surface area (Å²) in [6.07, 6.45) is 1.16. The normalized spacial score (nSPS) is 19.5. The molecule has 1 N–H and O–H groups in total. The number of benzene rings is 2. The van der Waals surface area contributed by atoms with Gasteiger partial charge in [0.25, 0.3) is 0 Å². The molecular weight excluding hydrogens is 420 g/mol. The molecule has 0 saturated carbocycles. The number of ether oxygens (including phenoxy) is 2. The monoisotopic (exact) mass is 444 g/mol. The van der Waals surface area contributed by atoms with E-state index in [0.29, 0.717) is 55.3 Å². The lowest BCUT2D eigenvalue weighted by atomic mass is 10.0. The average molecular weight is 445 g/mol. The number of carbonyl (C=O) groups is 1. The number of nitrogens with one attached hydrogen (secondary N) is 1. The highest BCUT2D eigenvalue weighted by atomic mass is 32.2. The maximum absolute atomic E-state index is 12.9. The largest absolute Gasteiger partial charge is 0.454 e. The second-order valence-corrected chi connectivity index (χ2v) is 9.66. The van der Waals surface area contributed by atoms with E-state index in [4.69, 9.17) is 9.47 Å². The van der Waals surface area contributed by atoms with E-state index in [1.807, 2.05) is 42.5 Å². The molecular formula is C21H24N4O5S.